The number of benzene rings is 2. The standard InChI is InChI=1S/C26H23F3N2O5/c1-36-23(32)12-22(31-24(33)16-4-2-3-5-17(16)25(31)34)13-8-14-6-7-15(9-13)30(14)26(35)18-10-20(28)21(29)11-19(18)27/h2-5,10-11,13-15,22H,6-9,12H2,1H3/t13?,14?,15?,22-/m1/s1. The zero-order valence-corrected chi connectivity index (χ0v) is 19.4. The molecule has 36 heavy (non-hydrogen) atoms. The summed E-state index contributed by atoms with van der Waals surface area (Å²) in [5.74, 6) is -6.44. The average Bonchev–Trinajstić information content (AvgIpc) is 3.28. The summed E-state index contributed by atoms with van der Waals surface area (Å²) in [5.41, 5.74) is -0.0146. The van der Waals surface area contributed by atoms with Gasteiger partial charge in [0.05, 0.1) is 36.3 Å². The number of carbonyl (C=O) groups is 4. The van der Waals surface area contributed by atoms with Gasteiger partial charge in [-0.05, 0) is 49.8 Å². The van der Waals surface area contributed by atoms with Crippen LogP contribution in [0.25, 0.3) is 0 Å². The molecule has 2 unspecified atom stereocenters. The Balaban J connectivity index is 1.42. The van der Waals surface area contributed by atoms with E-state index in [0.717, 1.165) is 4.90 Å². The smallest absolute Gasteiger partial charge is 0.307 e. The van der Waals surface area contributed by atoms with Gasteiger partial charge < -0.3 is 9.64 Å². The lowest BCUT2D eigenvalue weighted by Gasteiger charge is -2.43. The molecule has 188 valence electrons. The second-order valence-electron chi connectivity index (χ2n) is 9.45. The maximum absolute atomic E-state index is 14.3. The van der Waals surface area contributed by atoms with Crippen LogP contribution in [-0.2, 0) is 9.53 Å². The molecule has 0 radical (unpaired) electrons. The lowest BCUT2D eigenvalue weighted by Crippen LogP contribution is -2.53. The van der Waals surface area contributed by atoms with E-state index in [0.29, 0.717) is 37.8 Å². The zero-order valence-electron chi connectivity index (χ0n) is 19.4. The largest absolute Gasteiger partial charge is 0.469 e. The van der Waals surface area contributed by atoms with Gasteiger partial charge in [-0.3, -0.25) is 24.1 Å². The summed E-state index contributed by atoms with van der Waals surface area (Å²) in [6.07, 6.45) is 1.68. The molecule has 2 aromatic rings. The molecule has 3 heterocycles. The number of ether oxygens (including phenoxy) is 1. The number of nitrogens with zero attached hydrogens (tertiary/aromatic N) is 2. The minimum absolute atomic E-state index is 0.197. The first-order valence-electron chi connectivity index (χ1n) is 11.7. The Hall–Kier alpha value is -3.69. The number of methoxy groups -OCH3 is 1. The topological polar surface area (TPSA) is 84.0 Å². The third-order valence-electron chi connectivity index (χ3n) is 7.55. The van der Waals surface area contributed by atoms with E-state index < -0.39 is 52.7 Å². The van der Waals surface area contributed by atoms with Gasteiger partial charge in [0.15, 0.2) is 11.6 Å². The first-order valence-corrected chi connectivity index (χ1v) is 11.7. The first kappa shape index (κ1) is 24.0. The highest BCUT2D eigenvalue weighted by atomic mass is 19.2. The van der Waals surface area contributed by atoms with Gasteiger partial charge in [-0.1, -0.05) is 12.1 Å². The first-order chi connectivity index (χ1) is 17.2. The molecule has 3 atom stereocenters. The minimum atomic E-state index is -1.38. The molecule has 5 rings (SSSR count). The Morgan fingerprint density at radius 2 is 1.50 bits per heavy atom. The average molecular weight is 500 g/mol. The normalized spacial score (nSPS) is 23.6. The molecule has 0 N–H and O–H groups in total. The van der Waals surface area contributed by atoms with Gasteiger partial charge in [-0.2, -0.15) is 0 Å². The number of esters is 1. The second kappa shape index (κ2) is 9.07. The molecule has 2 saturated heterocycles. The molecule has 0 spiro atoms. The van der Waals surface area contributed by atoms with Crippen molar-refractivity contribution in [3.63, 3.8) is 0 Å². The van der Waals surface area contributed by atoms with E-state index in [2.05, 4.69) is 0 Å². The lowest BCUT2D eigenvalue weighted by atomic mass is 9.82. The van der Waals surface area contributed by atoms with Crippen molar-refractivity contribution in [3.05, 3.63) is 70.5 Å². The molecule has 0 aliphatic carbocycles. The van der Waals surface area contributed by atoms with E-state index in [4.69, 9.17) is 4.74 Å². The fraction of sp³-hybridized carbons (Fsp3) is 0.385. The van der Waals surface area contributed by atoms with Gasteiger partial charge in [-0.25, -0.2) is 13.2 Å². The SMILES string of the molecule is COC(=O)C[C@H](C1CC2CCC(C1)N2C(=O)c1cc(F)c(F)cc1F)N1C(=O)c2ccccc2C1=O. The quantitative estimate of drug-likeness (QED) is 0.355. The summed E-state index contributed by atoms with van der Waals surface area (Å²) in [7, 11) is 1.23. The van der Waals surface area contributed by atoms with Crippen molar-refractivity contribution in [2.45, 2.75) is 50.2 Å². The van der Waals surface area contributed by atoms with Gasteiger partial charge in [0.2, 0.25) is 0 Å². The predicted molar refractivity (Wildman–Crippen MR) is 119 cm³/mol. The highest BCUT2D eigenvalue weighted by Gasteiger charge is 2.50. The van der Waals surface area contributed by atoms with E-state index in [1.165, 1.54) is 12.0 Å². The minimum Gasteiger partial charge on any atom is -0.469 e. The number of piperidine rings is 1. The summed E-state index contributed by atoms with van der Waals surface area (Å²) in [4.78, 5) is 54.4. The van der Waals surface area contributed by atoms with Crippen LogP contribution in [0, 0.1) is 23.4 Å². The molecule has 2 bridgehead atoms. The maximum Gasteiger partial charge on any atom is 0.307 e. The fourth-order valence-electron chi connectivity index (χ4n) is 5.92. The molecular formula is C26H23F3N2O5. The summed E-state index contributed by atoms with van der Waals surface area (Å²) in [6, 6.07) is 5.83. The molecule has 2 fully saturated rings. The highest BCUT2D eigenvalue weighted by molar-refractivity contribution is 6.21. The number of hydrogen-bond donors (Lipinski definition) is 0. The van der Waals surface area contributed by atoms with Crippen molar-refractivity contribution in [1.29, 1.82) is 0 Å². The summed E-state index contributed by atoms with van der Waals surface area (Å²) < 4.78 is 46.3. The van der Waals surface area contributed by atoms with Gasteiger partial charge in [0.25, 0.3) is 17.7 Å². The van der Waals surface area contributed by atoms with Crippen LogP contribution in [-0.4, -0.2) is 58.7 Å². The van der Waals surface area contributed by atoms with E-state index in [-0.39, 0.29) is 35.5 Å². The van der Waals surface area contributed by atoms with Crippen LogP contribution >= 0.6 is 0 Å². The van der Waals surface area contributed by atoms with Crippen LogP contribution in [0.5, 0.6) is 0 Å². The third kappa shape index (κ3) is 3.84. The Bertz CT molecular complexity index is 1230. The van der Waals surface area contributed by atoms with Crippen molar-refractivity contribution < 1.29 is 37.1 Å². The third-order valence-corrected chi connectivity index (χ3v) is 7.55. The fourth-order valence-corrected chi connectivity index (χ4v) is 5.92. The van der Waals surface area contributed by atoms with Crippen LogP contribution in [0.2, 0.25) is 0 Å². The van der Waals surface area contributed by atoms with Crippen LogP contribution in [0.4, 0.5) is 13.2 Å². The van der Waals surface area contributed by atoms with Crippen LogP contribution in [0.3, 0.4) is 0 Å². The van der Waals surface area contributed by atoms with E-state index in [1.54, 1.807) is 24.3 Å². The number of amides is 3. The van der Waals surface area contributed by atoms with Crippen LogP contribution in [0.15, 0.2) is 36.4 Å². The number of carbonyl (C=O) groups excluding carboxylic acids is 4. The summed E-state index contributed by atoms with van der Waals surface area (Å²) in [5, 5.41) is 0. The Morgan fingerprint density at radius 1 is 0.944 bits per heavy atom. The number of fused-ring (bicyclic) bond motifs is 3. The predicted octanol–water partition coefficient (Wildman–Crippen LogP) is 3.72. The summed E-state index contributed by atoms with van der Waals surface area (Å²) >= 11 is 0. The number of halogens is 3. The number of imide groups is 1. The van der Waals surface area contributed by atoms with E-state index in [9.17, 15) is 32.3 Å². The summed E-state index contributed by atoms with van der Waals surface area (Å²) in [6.45, 7) is 0. The molecule has 2 aromatic carbocycles. The molecule has 0 aromatic heterocycles. The Morgan fingerprint density at radius 3 is 2.06 bits per heavy atom. The van der Waals surface area contributed by atoms with Crippen molar-refractivity contribution in [2.75, 3.05) is 7.11 Å². The molecule has 0 saturated carbocycles. The molecule has 7 nitrogen and oxygen atoms in total. The van der Waals surface area contributed by atoms with E-state index in [1.807, 2.05) is 0 Å². The Labute approximate surface area is 204 Å². The van der Waals surface area contributed by atoms with Crippen LogP contribution in [0.1, 0.15) is 63.2 Å². The molecule has 3 aliphatic heterocycles. The van der Waals surface area contributed by atoms with Gasteiger partial charge in [0.1, 0.15) is 5.82 Å². The highest BCUT2D eigenvalue weighted by Crippen LogP contribution is 2.43. The maximum atomic E-state index is 14.3. The van der Waals surface area contributed by atoms with Crippen molar-refractivity contribution >= 4 is 23.7 Å². The Kier molecular flexibility index (Phi) is 6.05. The monoisotopic (exact) mass is 500 g/mol. The van der Waals surface area contributed by atoms with Crippen molar-refractivity contribution in [3.8, 4) is 0 Å². The molecule has 3 amide bonds. The lowest BCUT2D eigenvalue weighted by molar-refractivity contribution is -0.142. The second-order valence-corrected chi connectivity index (χ2v) is 9.45. The molecular weight excluding hydrogens is 477 g/mol. The van der Waals surface area contributed by atoms with E-state index >= 15 is 0 Å². The van der Waals surface area contributed by atoms with Gasteiger partial charge in [-0.15, -0.1) is 0 Å². The van der Waals surface area contributed by atoms with Crippen LogP contribution < -0.4 is 0 Å². The van der Waals surface area contributed by atoms with Gasteiger partial charge >= 0.3 is 5.97 Å². The van der Waals surface area contributed by atoms with Crippen molar-refractivity contribution in [2.24, 2.45) is 5.92 Å². The van der Waals surface area contributed by atoms with Crippen molar-refractivity contribution in [1.82, 2.24) is 9.80 Å². The number of rotatable bonds is 5. The zero-order chi connectivity index (χ0) is 25.7. The molecule has 10 heteroatoms. The van der Waals surface area contributed by atoms with Gasteiger partial charge in [0, 0.05) is 18.2 Å². The number of hydrogen-bond acceptors (Lipinski definition) is 5. The molecule has 3 aliphatic rings.